The molecule has 0 radical (unpaired) electrons. The summed E-state index contributed by atoms with van der Waals surface area (Å²) in [6, 6.07) is 9.43. The summed E-state index contributed by atoms with van der Waals surface area (Å²) in [7, 11) is 0. The van der Waals surface area contributed by atoms with E-state index >= 15 is 0 Å². The molecule has 5 nitrogen and oxygen atoms in total. The van der Waals surface area contributed by atoms with Crippen LogP contribution < -0.4 is 5.32 Å². The summed E-state index contributed by atoms with van der Waals surface area (Å²) in [6.07, 6.45) is 3.55. The molecule has 0 amide bonds. The van der Waals surface area contributed by atoms with Gasteiger partial charge in [-0.25, -0.2) is 4.98 Å². The van der Waals surface area contributed by atoms with E-state index in [2.05, 4.69) is 20.5 Å². The first-order valence-electron chi connectivity index (χ1n) is 5.92. The zero-order valence-electron chi connectivity index (χ0n) is 10.3. The minimum atomic E-state index is -0.00826. The van der Waals surface area contributed by atoms with E-state index in [1.165, 1.54) is 0 Å². The van der Waals surface area contributed by atoms with Gasteiger partial charge in [0.2, 0.25) is 0 Å². The lowest BCUT2D eigenvalue weighted by Gasteiger charge is -2.12. The Kier molecular flexibility index (Phi) is 3.05. The van der Waals surface area contributed by atoms with Crippen LogP contribution in [0, 0.1) is 0 Å². The Balaban J connectivity index is 1.87. The Bertz CT molecular complexity index is 692. The van der Waals surface area contributed by atoms with Crippen LogP contribution in [0.3, 0.4) is 0 Å². The molecule has 0 aliphatic carbocycles. The van der Waals surface area contributed by atoms with Gasteiger partial charge >= 0.3 is 0 Å². The molecule has 0 fully saturated rings. The molecule has 1 N–H and O–H groups in total. The molecule has 0 saturated heterocycles. The van der Waals surface area contributed by atoms with E-state index in [9.17, 15) is 0 Å². The molecule has 19 heavy (non-hydrogen) atoms. The highest BCUT2D eigenvalue weighted by Gasteiger charge is 2.13. The maximum Gasteiger partial charge on any atom is 0.160 e. The highest BCUT2D eigenvalue weighted by molar-refractivity contribution is 6.30. The van der Waals surface area contributed by atoms with E-state index in [-0.39, 0.29) is 6.04 Å². The van der Waals surface area contributed by atoms with E-state index in [0.717, 1.165) is 17.3 Å². The van der Waals surface area contributed by atoms with Crippen LogP contribution in [0.15, 0.2) is 42.7 Å². The van der Waals surface area contributed by atoms with Crippen molar-refractivity contribution in [3.05, 3.63) is 53.6 Å². The summed E-state index contributed by atoms with van der Waals surface area (Å²) in [5.74, 6) is 1.59. The number of hydrogen-bond donors (Lipinski definition) is 1. The molecule has 3 rings (SSSR count). The lowest BCUT2D eigenvalue weighted by molar-refractivity contribution is 0.768. The summed E-state index contributed by atoms with van der Waals surface area (Å²) < 4.78 is 1.95. The van der Waals surface area contributed by atoms with Gasteiger partial charge in [0.05, 0.1) is 11.1 Å². The highest BCUT2D eigenvalue weighted by Crippen LogP contribution is 2.18. The topological polar surface area (TPSA) is 55.1 Å². The van der Waals surface area contributed by atoms with Gasteiger partial charge in [-0.1, -0.05) is 17.7 Å². The summed E-state index contributed by atoms with van der Waals surface area (Å²) in [6.45, 7) is 2.01. The molecule has 0 spiro atoms. The van der Waals surface area contributed by atoms with Crippen LogP contribution in [-0.2, 0) is 0 Å². The number of halogens is 1. The van der Waals surface area contributed by atoms with Gasteiger partial charge in [-0.3, -0.25) is 4.40 Å². The van der Waals surface area contributed by atoms with Crippen LogP contribution in [0.4, 0.5) is 5.82 Å². The molecule has 0 unspecified atom stereocenters. The van der Waals surface area contributed by atoms with Crippen molar-refractivity contribution in [2.45, 2.75) is 13.0 Å². The number of nitrogens with one attached hydrogen (secondary N) is 1. The Hall–Kier alpha value is -2.14. The second-order valence-electron chi connectivity index (χ2n) is 4.21. The van der Waals surface area contributed by atoms with Gasteiger partial charge in [-0.2, -0.15) is 0 Å². The summed E-state index contributed by atoms with van der Waals surface area (Å²) in [5.41, 5.74) is 0.829. The number of pyridine rings is 2. The molecule has 1 atom stereocenters. The number of fused-ring (bicyclic) bond motifs is 1. The lowest BCUT2D eigenvalue weighted by atomic mass is 10.3. The van der Waals surface area contributed by atoms with Crippen molar-refractivity contribution < 1.29 is 0 Å². The predicted octanol–water partition coefficient (Wildman–Crippen LogP) is 2.95. The van der Waals surface area contributed by atoms with Gasteiger partial charge in [0.1, 0.15) is 5.82 Å². The number of aromatic nitrogens is 4. The minimum Gasteiger partial charge on any atom is -0.360 e. The van der Waals surface area contributed by atoms with Crippen LogP contribution in [0.1, 0.15) is 18.8 Å². The predicted molar refractivity (Wildman–Crippen MR) is 74.3 cm³/mol. The Morgan fingerprint density at radius 1 is 1.21 bits per heavy atom. The van der Waals surface area contributed by atoms with Crippen LogP contribution in [0.2, 0.25) is 5.02 Å². The third kappa shape index (κ3) is 2.37. The Labute approximate surface area is 115 Å². The molecule has 0 bridgehead atoms. The maximum atomic E-state index is 5.81. The third-order valence-corrected chi connectivity index (χ3v) is 3.04. The lowest BCUT2D eigenvalue weighted by Crippen LogP contribution is -2.11. The quantitative estimate of drug-likeness (QED) is 0.797. The van der Waals surface area contributed by atoms with E-state index < -0.39 is 0 Å². The fourth-order valence-corrected chi connectivity index (χ4v) is 2.01. The SMILES string of the molecule is C[C@H](Nc1ccc(Cl)cn1)c1nnc2ccccn12. The molecule has 0 aliphatic heterocycles. The fourth-order valence-electron chi connectivity index (χ4n) is 1.90. The molecule has 6 heteroatoms. The smallest absolute Gasteiger partial charge is 0.160 e. The summed E-state index contributed by atoms with van der Waals surface area (Å²) in [5, 5.41) is 12.2. The molecule has 96 valence electrons. The van der Waals surface area contributed by atoms with Gasteiger partial charge in [0, 0.05) is 12.4 Å². The Morgan fingerprint density at radius 3 is 2.89 bits per heavy atom. The molecule has 3 aromatic heterocycles. The maximum absolute atomic E-state index is 5.81. The van der Waals surface area contributed by atoms with E-state index in [1.807, 2.05) is 41.8 Å². The molecule has 0 aromatic carbocycles. The summed E-state index contributed by atoms with van der Waals surface area (Å²) >= 11 is 5.81. The zero-order chi connectivity index (χ0) is 13.2. The van der Waals surface area contributed by atoms with Crippen molar-refractivity contribution in [1.82, 2.24) is 19.6 Å². The summed E-state index contributed by atoms with van der Waals surface area (Å²) in [4.78, 5) is 4.21. The standard InChI is InChI=1S/C13H12ClN5/c1-9(16-11-6-5-10(14)8-15-11)13-18-17-12-4-2-3-7-19(12)13/h2-9H,1H3,(H,15,16)/t9-/m0/s1. The van der Waals surface area contributed by atoms with Gasteiger partial charge in [-0.05, 0) is 31.2 Å². The van der Waals surface area contributed by atoms with Gasteiger partial charge in [0.25, 0.3) is 0 Å². The highest BCUT2D eigenvalue weighted by atomic mass is 35.5. The van der Waals surface area contributed by atoms with Crippen molar-refractivity contribution in [1.29, 1.82) is 0 Å². The number of hydrogen-bond acceptors (Lipinski definition) is 4. The molecule has 0 saturated carbocycles. The number of anilines is 1. The van der Waals surface area contributed by atoms with Crippen LogP contribution in [0.25, 0.3) is 5.65 Å². The van der Waals surface area contributed by atoms with Gasteiger partial charge < -0.3 is 5.32 Å². The van der Waals surface area contributed by atoms with Crippen molar-refractivity contribution in [2.24, 2.45) is 0 Å². The average molecular weight is 274 g/mol. The fraction of sp³-hybridized carbons (Fsp3) is 0.154. The molecule has 0 aliphatic rings. The molecule has 3 heterocycles. The minimum absolute atomic E-state index is 0.00826. The van der Waals surface area contributed by atoms with Crippen LogP contribution in [0.5, 0.6) is 0 Å². The van der Waals surface area contributed by atoms with Crippen molar-refractivity contribution in [3.63, 3.8) is 0 Å². The van der Waals surface area contributed by atoms with Gasteiger partial charge in [0.15, 0.2) is 11.5 Å². The number of nitrogens with zero attached hydrogens (tertiary/aromatic N) is 4. The second-order valence-corrected chi connectivity index (χ2v) is 4.65. The van der Waals surface area contributed by atoms with Gasteiger partial charge in [-0.15, -0.1) is 10.2 Å². The molecular weight excluding hydrogens is 262 g/mol. The van der Waals surface area contributed by atoms with Crippen LogP contribution >= 0.6 is 11.6 Å². The monoisotopic (exact) mass is 273 g/mol. The van der Waals surface area contributed by atoms with E-state index in [0.29, 0.717) is 5.02 Å². The first-order chi connectivity index (χ1) is 9.24. The van der Waals surface area contributed by atoms with E-state index in [1.54, 1.807) is 12.3 Å². The van der Waals surface area contributed by atoms with E-state index in [4.69, 9.17) is 11.6 Å². The van der Waals surface area contributed by atoms with Crippen molar-refractivity contribution in [3.8, 4) is 0 Å². The zero-order valence-corrected chi connectivity index (χ0v) is 11.0. The number of rotatable bonds is 3. The molecule has 3 aromatic rings. The van der Waals surface area contributed by atoms with Crippen molar-refractivity contribution in [2.75, 3.05) is 5.32 Å². The molecular formula is C13H12ClN5. The Morgan fingerprint density at radius 2 is 2.11 bits per heavy atom. The third-order valence-electron chi connectivity index (χ3n) is 2.82. The normalized spacial score (nSPS) is 12.5. The first-order valence-corrected chi connectivity index (χ1v) is 6.29. The van der Waals surface area contributed by atoms with Crippen molar-refractivity contribution >= 4 is 23.1 Å². The average Bonchev–Trinajstić information content (AvgIpc) is 2.85. The first kappa shape index (κ1) is 11.9. The van der Waals surface area contributed by atoms with Crippen LogP contribution in [-0.4, -0.2) is 19.6 Å². The second kappa shape index (κ2) is 4.85. The largest absolute Gasteiger partial charge is 0.360 e.